The molecule has 0 spiro atoms. The molecular formula is C19H19BrN6OS. The maximum Gasteiger partial charge on any atom is 0.250 e. The third-order valence-electron chi connectivity index (χ3n) is 4.54. The van der Waals surface area contributed by atoms with Gasteiger partial charge in [-0.2, -0.15) is 4.68 Å². The highest BCUT2D eigenvalue weighted by Crippen LogP contribution is 2.22. The normalized spacial score (nSPS) is 14.3. The standard InChI is InChI=1S/C19H19BrN6OS/c20-15-6-8-17(9-7-15)28-14-18(27)24-10-12-25(13-11-24)19-21-22-23-26(19)16-4-2-1-3-5-16/h1-9H,10-14H2. The van der Waals surface area contributed by atoms with E-state index in [-0.39, 0.29) is 5.91 Å². The van der Waals surface area contributed by atoms with Crippen LogP contribution in [-0.2, 0) is 4.79 Å². The Balaban J connectivity index is 1.33. The van der Waals surface area contributed by atoms with Gasteiger partial charge in [0.2, 0.25) is 11.9 Å². The molecule has 1 aliphatic heterocycles. The fraction of sp³-hybridized carbons (Fsp3) is 0.263. The first-order valence-corrected chi connectivity index (χ1v) is 10.7. The van der Waals surface area contributed by atoms with Crippen molar-refractivity contribution in [2.45, 2.75) is 4.90 Å². The summed E-state index contributed by atoms with van der Waals surface area (Å²) in [7, 11) is 0. The van der Waals surface area contributed by atoms with E-state index in [1.54, 1.807) is 16.4 Å². The number of piperazine rings is 1. The van der Waals surface area contributed by atoms with E-state index in [0.29, 0.717) is 37.9 Å². The summed E-state index contributed by atoms with van der Waals surface area (Å²) in [6.07, 6.45) is 0. The summed E-state index contributed by atoms with van der Waals surface area (Å²) in [5.41, 5.74) is 0.923. The van der Waals surface area contributed by atoms with Gasteiger partial charge >= 0.3 is 0 Å². The van der Waals surface area contributed by atoms with Crippen molar-refractivity contribution in [3.05, 3.63) is 59.1 Å². The van der Waals surface area contributed by atoms with Gasteiger partial charge in [-0.3, -0.25) is 4.79 Å². The van der Waals surface area contributed by atoms with Gasteiger partial charge in [0, 0.05) is 35.5 Å². The number of carbonyl (C=O) groups is 1. The van der Waals surface area contributed by atoms with Crippen LogP contribution in [0, 0.1) is 0 Å². The summed E-state index contributed by atoms with van der Waals surface area (Å²) in [6, 6.07) is 17.8. The van der Waals surface area contributed by atoms with Crippen molar-refractivity contribution < 1.29 is 4.79 Å². The van der Waals surface area contributed by atoms with Gasteiger partial charge in [0.15, 0.2) is 0 Å². The van der Waals surface area contributed by atoms with E-state index in [0.717, 1.165) is 15.1 Å². The minimum absolute atomic E-state index is 0.162. The maximum atomic E-state index is 12.6. The van der Waals surface area contributed by atoms with Crippen LogP contribution in [0.5, 0.6) is 0 Å². The summed E-state index contributed by atoms with van der Waals surface area (Å²) in [4.78, 5) is 17.7. The molecule has 4 rings (SSSR count). The van der Waals surface area contributed by atoms with Gasteiger partial charge in [0.1, 0.15) is 0 Å². The Morgan fingerprint density at radius 3 is 2.43 bits per heavy atom. The molecule has 0 unspecified atom stereocenters. The second kappa shape index (κ2) is 8.74. The van der Waals surface area contributed by atoms with Crippen molar-refractivity contribution in [2.75, 3.05) is 36.8 Å². The summed E-state index contributed by atoms with van der Waals surface area (Å²) < 4.78 is 2.78. The minimum atomic E-state index is 0.162. The first-order chi connectivity index (χ1) is 13.7. The molecule has 1 aliphatic rings. The lowest BCUT2D eigenvalue weighted by atomic mass is 10.3. The third kappa shape index (κ3) is 4.36. The molecule has 1 amide bonds. The average molecular weight is 459 g/mol. The van der Waals surface area contributed by atoms with Crippen LogP contribution >= 0.6 is 27.7 Å². The molecule has 1 aromatic heterocycles. The number of rotatable bonds is 5. The van der Waals surface area contributed by atoms with Crippen molar-refractivity contribution in [2.24, 2.45) is 0 Å². The predicted molar refractivity (Wildman–Crippen MR) is 113 cm³/mol. The van der Waals surface area contributed by atoms with Crippen LogP contribution in [0.15, 0.2) is 64.0 Å². The molecule has 28 heavy (non-hydrogen) atoms. The number of benzene rings is 2. The lowest BCUT2D eigenvalue weighted by Crippen LogP contribution is -2.50. The lowest BCUT2D eigenvalue weighted by Gasteiger charge is -2.34. The number of thioether (sulfide) groups is 1. The number of carbonyl (C=O) groups excluding carboxylic acids is 1. The van der Waals surface area contributed by atoms with Gasteiger partial charge in [-0.25, -0.2) is 0 Å². The first kappa shape index (κ1) is 18.9. The Labute approximate surface area is 175 Å². The van der Waals surface area contributed by atoms with Crippen molar-refractivity contribution in [3.8, 4) is 5.69 Å². The molecule has 0 radical (unpaired) electrons. The summed E-state index contributed by atoms with van der Waals surface area (Å²) in [5.74, 6) is 1.32. The zero-order valence-corrected chi connectivity index (χ0v) is 17.5. The number of halogens is 1. The molecule has 0 saturated carbocycles. The second-order valence-electron chi connectivity index (χ2n) is 6.34. The summed E-state index contributed by atoms with van der Waals surface area (Å²) in [5, 5.41) is 12.1. The highest BCUT2D eigenvalue weighted by atomic mass is 79.9. The number of hydrogen-bond donors (Lipinski definition) is 0. The van der Waals surface area contributed by atoms with E-state index < -0.39 is 0 Å². The van der Waals surface area contributed by atoms with Gasteiger partial charge in [-0.1, -0.05) is 39.2 Å². The molecular weight excluding hydrogens is 440 g/mol. The molecule has 144 valence electrons. The monoisotopic (exact) mass is 458 g/mol. The molecule has 0 N–H and O–H groups in total. The zero-order chi connectivity index (χ0) is 19.3. The smallest absolute Gasteiger partial charge is 0.250 e. The van der Waals surface area contributed by atoms with Gasteiger partial charge in [0.25, 0.3) is 0 Å². The Morgan fingerprint density at radius 1 is 1.00 bits per heavy atom. The van der Waals surface area contributed by atoms with E-state index in [1.807, 2.05) is 59.5 Å². The average Bonchev–Trinajstić information content (AvgIpc) is 3.24. The molecule has 1 fully saturated rings. The highest BCUT2D eigenvalue weighted by Gasteiger charge is 2.24. The number of nitrogens with zero attached hydrogens (tertiary/aromatic N) is 6. The maximum absolute atomic E-state index is 12.6. The molecule has 1 saturated heterocycles. The molecule has 0 bridgehead atoms. The quantitative estimate of drug-likeness (QED) is 0.547. The molecule has 3 aromatic rings. The minimum Gasteiger partial charge on any atom is -0.338 e. The van der Waals surface area contributed by atoms with Crippen LogP contribution in [0.25, 0.3) is 5.69 Å². The summed E-state index contributed by atoms with van der Waals surface area (Å²) in [6.45, 7) is 2.76. The van der Waals surface area contributed by atoms with Crippen LogP contribution < -0.4 is 4.90 Å². The Kier molecular flexibility index (Phi) is 5.92. The Bertz CT molecular complexity index is 925. The van der Waals surface area contributed by atoms with Crippen LogP contribution in [0.1, 0.15) is 0 Å². The molecule has 2 aromatic carbocycles. The number of tetrazole rings is 1. The van der Waals surface area contributed by atoms with E-state index in [2.05, 4.69) is 36.4 Å². The number of hydrogen-bond acceptors (Lipinski definition) is 6. The van der Waals surface area contributed by atoms with Crippen LogP contribution in [0.2, 0.25) is 0 Å². The topological polar surface area (TPSA) is 67.2 Å². The predicted octanol–water partition coefficient (Wildman–Crippen LogP) is 2.87. The summed E-state index contributed by atoms with van der Waals surface area (Å²) >= 11 is 4.99. The molecule has 7 nitrogen and oxygen atoms in total. The Hall–Kier alpha value is -2.39. The van der Waals surface area contributed by atoms with Gasteiger partial charge in [0.05, 0.1) is 11.4 Å². The lowest BCUT2D eigenvalue weighted by molar-refractivity contribution is -0.128. The Morgan fingerprint density at radius 2 is 1.71 bits per heavy atom. The first-order valence-electron chi connectivity index (χ1n) is 8.95. The zero-order valence-electron chi connectivity index (χ0n) is 15.1. The van der Waals surface area contributed by atoms with Gasteiger partial charge < -0.3 is 9.80 Å². The fourth-order valence-corrected chi connectivity index (χ4v) is 4.10. The SMILES string of the molecule is O=C(CSc1ccc(Br)cc1)N1CCN(c2nnnn2-c2ccccc2)CC1. The van der Waals surface area contributed by atoms with Gasteiger partial charge in [-0.15, -0.1) is 11.8 Å². The number of aromatic nitrogens is 4. The largest absolute Gasteiger partial charge is 0.338 e. The van der Waals surface area contributed by atoms with Gasteiger partial charge in [-0.05, 0) is 46.8 Å². The van der Waals surface area contributed by atoms with Crippen molar-refractivity contribution in [3.63, 3.8) is 0 Å². The second-order valence-corrected chi connectivity index (χ2v) is 8.30. The molecule has 9 heteroatoms. The number of amides is 1. The molecule has 0 atom stereocenters. The molecule has 0 aliphatic carbocycles. The van der Waals surface area contributed by atoms with E-state index in [1.165, 1.54) is 0 Å². The van der Waals surface area contributed by atoms with E-state index >= 15 is 0 Å². The van der Waals surface area contributed by atoms with Crippen molar-refractivity contribution >= 4 is 39.5 Å². The molecule has 2 heterocycles. The number of para-hydroxylation sites is 1. The van der Waals surface area contributed by atoms with Crippen molar-refractivity contribution in [1.29, 1.82) is 0 Å². The van der Waals surface area contributed by atoms with E-state index in [4.69, 9.17) is 0 Å². The van der Waals surface area contributed by atoms with Crippen molar-refractivity contribution in [1.82, 2.24) is 25.1 Å². The van der Waals surface area contributed by atoms with Crippen LogP contribution in [0.4, 0.5) is 5.95 Å². The fourth-order valence-electron chi connectivity index (χ4n) is 3.04. The van der Waals surface area contributed by atoms with Crippen LogP contribution in [-0.4, -0.2) is 62.9 Å². The van der Waals surface area contributed by atoms with E-state index in [9.17, 15) is 4.79 Å². The highest BCUT2D eigenvalue weighted by molar-refractivity contribution is 9.10. The van der Waals surface area contributed by atoms with Crippen LogP contribution in [0.3, 0.4) is 0 Å². The third-order valence-corrected chi connectivity index (χ3v) is 6.07. The number of anilines is 1.